The first kappa shape index (κ1) is 13.9. The van der Waals surface area contributed by atoms with Crippen molar-refractivity contribution < 1.29 is 5.11 Å². The average molecular weight is 229 g/mol. The maximum Gasteiger partial charge on any atom is 0.0621 e. The van der Waals surface area contributed by atoms with Gasteiger partial charge in [-0.25, -0.2) is 0 Å². The molecule has 4 heteroatoms. The second-order valence-electron chi connectivity index (χ2n) is 5.43. The third kappa shape index (κ3) is 4.01. The van der Waals surface area contributed by atoms with Gasteiger partial charge in [0.2, 0.25) is 0 Å². The monoisotopic (exact) mass is 229 g/mol. The molecule has 2 unspecified atom stereocenters. The third-order valence-corrected chi connectivity index (χ3v) is 3.42. The van der Waals surface area contributed by atoms with Gasteiger partial charge >= 0.3 is 0 Å². The highest BCUT2D eigenvalue weighted by Gasteiger charge is 2.26. The molecule has 0 aromatic heterocycles. The summed E-state index contributed by atoms with van der Waals surface area (Å²) in [7, 11) is 2.09. The number of likely N-dealkylation sites (N-methyl/N-ethyl adjacent to an activating group) is 2. The maximum atomic E-state index is 9.14. The standard InChI is InChI=1S/C12H27N3O/c1-4-15-7-5-6-11(15)8-14(3)9-12(2,13)10-16/h11,16H,4-10,13H2,1-3H3. The van der Waals surface area contributed by atoms with E-state index in [-0.39, 0.29) is 6.61 Å². The summed E-state index contributed by atoms with van der Waals surface area (Å²) in [6.07, 6.45) is 2.60. The highest BCUT2D eigenvalue weighted by Crippen LogP contribution is 2.17. The molecule has 0 aliphatic carbocycles. The Bertz CT molecular complexity index is 208. The lowest BCUT2D eigenvalue weighted by Crippen LogP contribution is -2.51. The fourth-order valence-electron chi connectivity index (χ4n) is 2.61. The molecule has 0 aromatic rings. The molecule has 1 fully saturated rings. The van der Waals surface area contributed by atoms with Gasteiger partial charge in [0, 0.05) is 24.7 Å². The topological polar surface area (TPSA) is 52.7 Å². The highest BCUT2D eigenvalue weighted by atomic mass is 16.3. The summed E-state index contributed by atoms with van der Waals surface area (Å²) in [6.45, 7) is 8.33. The van der Waals surface area contributed by atoms with Crippen LogP contribution in [0.15, 0.2) is 0 Å². The number of nitrogens with two attached hydrogens (primary N) is 1. The fourth-order valence-corrected chi connectivity index (χ4v) is 2.61. The van der Waals surface area contributed by atoms with Crippen LogP contribution in [0, 0.1) is 0 Å². The lowest BCUT2D eigenvalue weighted by atomic mass is 10.0. The van der Waals surface area contributed by atoms with Crippen molar-refractivity contribution in [2.75, 3.05) is 39.8 Å². The molecule has 0 saturated carbocycles. The summed E-state index contributed by atoms with van der Waals surface area (Å²) in [5.41, 5.74) is 5.47. The van der Waals surface area contributed by atoms with E-state index in [4.69, 9.17) is 10.8 Å². The first-order valence-electron chi connectivity index (χ1n) is 6.31. The molecular weight excluding hydrogens is 202 g/mol. The molecule has 96 valence electrons. The van der Waals surface area contributed by atoms with Gasteiger partial charge in [-0.2, -0.15) is 0 Å². The first-order valence-corrected chi connectivity index (χ1v) is 6.31. The van der Waals surface area contributed by atoms with E-state index in [1.807, 2.05) is 6.92 Å². The Hall–Kier alpha value is -0.160. The summed E-state index contributed by atoms with van der Waals surface area (Å²) in [5.74, 6) is 0. The lowest BCUT2D eigenvalue weighted by molar-refractivity contribution is 0.139. The first-order chi connectivity index (χ1) is 7.48. The molecule has 1 heterocycles. The molecule has 0 amide bonds. The van der Waals surface area contributed by atoms with Crippen molar-refractivity contribution in [3.63, 3.8) is 0 Å². The van der Waals surface area contributed by atoms with Crippen molar-refractivity contribution in [1.29, 1.82) is 0 Å². The molecule has 3 N–H and O–H groups in total. The number of rotatable bonds is 6. The van der Waals surface area contributed by atoms with Crippen LogP contribution < -0.4 is 5.73 Å². The summed E-state index contributed by atoms with van der Waals surface area (Å²) >= 11 is 0. The largest absolute Gasteiger partial charge is 0.394 e. The summed E-state index contributed by atoms with van der Waals surface area (Å²) in [4.78, 5) is 4.78. The Kier molecular flexibility index (Phi) is 5.18. The Morgan fingerprint density at radius 1 is 1.56 bits per heavy atom. The van der Waals surface area contributed by atoms with Crippen LogP contribution in [0.1, 0.15) is 26.7 Å². The fraction of sp³-hybridized carbons (Fsp3) is 1.00. The number of aliphatic hydroxyl groups is 1. The van der Waals surface area contributed by atoms with Gasteiger partial charge in [-0.3, -0.25) is 4.90 Å². The molecule has 1 aliphatic rings. The van der Waals surface area contributed by atoms with Crippen molar-refractivity contribution in [1.82, 2.24) is 9.80 Å². The number of hydrogen-bond donors (Lipinski definition) is 2. The molecule has 2 atom stereocenters. The van der Waals surface area contributed by atoms with Crippen LogP contribution in [0.2, 0.25) is 0 Å². The second kappa shape index (κ2) is 5.96. The van der Waals surface area contributed by atoms with Gasteiger partial charge in [-0.05, 0) is 39.9 Å². The zero-order valence-electron chi connectivity index (χ0n) is 10.9. The molecule has 0 bridgehead atoms. The van der Waals surface area contributed by atoms with E-state index >= 15 is 0 Å². The number of aliphatic hydroxyl groups excluding tert-OH is 1. The van der Waals surface area contributed by atoms with E-state index < -0.39 is 5.54 Å². The van der Waals surface area contributed by atoms with Crippen LogP contribution in [0.4, 0.5) is 0 Å². The average Bonchev–Trinajstić information content (AvgIpc) is 2.64. The van der Waals surface area contributed by atoms with E-state index in [9.17, 15) is 0 Å². The summed E-state index contributed by atoms with van der Waals surface area (Å²) in [5, 5.41) is 9.14. The Labute approximate surface area is 99.4 Å². The van der Waals surface area contributed by atoms with Gasteiger partial charge in [0.15, 0.2) is 0 Å². The predicted molar refractivity (Wildman–Crippen MR) is 67.4 cm³/mol. The molecule has 0 aromatic carbocycles. The van der Waals surface area contributed by atoms with E-state index in [1.165, 1.54) is 19.4 Å². The van der Waals surface area contributed by atoms with Gasteiger partial charge < -0.3 is 15.7 Å². The van der Waals surface area contributed by atoms with E-state index in [2.05, 4.69) is 23.8 Å². The Balaban J connectivity index is 2.36. The third-order valence-electron chi connectivity index (χ3n) is 3.42. The summed E-state index contributed by atoms with van der Waals surface area (Å²) in [6, 6.07) is 0.671. The van der Waals surface area contributed by atoms with Crippen LogP contribution in [-0.2, 0) is 0 Å². The van der Waals surface area contributed by atoms with E-state index in [1.54, 1.807) is 0 Å². The Morgan fingerprint density at radius 2 is 2.25 bits per heavy atom. The smallest absolute Gasteiger partial charge is 0.0621 e. The molecule has 1 saturated heterocycles. The van der Waals surface area contributed by atoms with Crippen molar-refractivity contribution in [2.45, 2.75) is 38.3 Å². The number of nitrogens with zero attached hydrogens (tertiary/aromatic N) is 2. The number of likely N-dealkylation sites (tertiary alicyclic amines) is 1. The minimum atomic E-state index is -0.482. The molecule has 4 nitrogen and oxygen atoms in total. The molecule has 1 rings (SSSR count). The van der Waals surface area contributed by atoms with E-state index in [0.29, 0.717) is 6.04 Å². The van der Waals surface area contributed by atoms with Crippen LogP contribution >= 0.6 is 0 Å². The van der Waals surface area contributed by atoms with Crippen molar-refractivity contribution in [2.24, 2.45) is 5.73 Å². The summed E-state index contributed by atoms with van der Waals surface area (Å²) < 4.78 is 0. The SMILES string of the molecule is CCN1CCCC1CN(C)CC(C)(N)CO. The van der Waals surface area contributed by atoms with Crippen LogP contribution in [0.5, 0.6) is 0 Å². The zero-order valence-corrected chi connectivity index (χ0v) is 10.9. The van der Waals surface area contributed by atoms with Gasteiger partial charge in [0.1, 0.15) is 0 Å². The lowest BCUT2D eigenvalue weighted by Gasteiger charge is -2.32. The second-order valence-corrected chi connectivity index (χ2v) is 5.43. The molecular formula is C12H27N3O. The molecule has 16 heavy (non-hydrogen) atoms. The maximum absolute atomic E-state index is 9.14. The van der Waals surface area contributed by atoms with Gasteiger partial charge in [-0.1, -0.05) is 6.92 Å². The van der Waals surface area contributed by atoms with Crippen LogP contribution in [0.3, 0.4) is 0 Å². The van der Waals surface area contributed by atoms with Gasteiger partial charge in [0.05, 0.1) is 6.61 Å². The van der Waals surface area contributed by atoms with Crippen LogP contribution in [0.25, 0.3) is 0 Å². The predicted octanol–water partition coefficient (Wildman–Crippen LogP) is 0.112. The van der Waals surface area contributed by atoms with Crippen molar-refractivity contribution in [3.8, 4) is 0 Å². The molecule has 0 spiro atoms. The van der Waals surface area contributed by atoms with E-state index in [0.717, 1.165) is 19.6 Å². The minimum absolute atomic E-state index is 0.0412. The number of hydrogen-bond acceptors (Lipinski definition) is 4. The highest BCUT2D eigenvalue weighted by molar-refractivity contribution is 4.85. The van der Waals surface area contributed by atoms with Gasteiger partial charge in [-0.15, -0.1) is 0 Å². The normalized spacial score (nSPS) is 26.2. The van der Waals surface area contributed by atoms with Crippen LogP contribution in [-0.4, -0.2) is 66.3 Å². The van der Waals surface area contributed by atoms with Crippen molar-refractivity contribution >= 4 is 0 Å². The molecule has 0 radical (unpaired) electrons. The quantitative estimate of drug-likeness (QED) is 0.679. The van der Waals surface area contributed by atoms with Gasteiger partial charge in [0.25, 0.3) is 0 Å². The molecule has 1 aliphatic heterocycles. The Morgan fingerprint density at radius 3 is 2.81 bits per heavy atom. The van der Waals surface area contributed by atoms with Crippen molar-refractivity contribution in [3.05, 3.63) is 0 Å². The minimum Gasteiger partial charge on any atom is -0.394 e. The zero-order chi connectivity index (χ0) is 12.2.